The van der Waals surface area contributed by atoms with Crippen LogP contribution in [0.5, 0.6) is 0 Å². The van der Waals surface area contributed by atoms with Crippen molar-refractivity contribution < 1.29 is 22.4 Å². The Balaban J connectivity index is 1.82. The molecule has 0 spiro atoms. The number of carbonyl (C=O) groups excluding carboxylic acids is 2. The largest absolute Gasteiger partial charge is 0.459 e. The average molecular weight is 454 g/mol. The molecule has 32 heavy (non-hydrogen) atoms. The number of furan rings is 1. The number of urea groups is 1. The van der Waals surface area contributed by atoms with Crippen LogP contribution in [0.15, 0.2) is 70.2 Å². The van der Waals surface area contributed by atoms with Gasteiger partial charge in [-0.2, -0.15) is 0 Å². The lowest BCUT2D eigenvalue weighted by molar-refractivity contribution is 0.0957. The van der Waals surface area contributed by atoms with Crippen molar-refractivity contribution in [1.29, 1.82) is 0 Å². The SMILES string of the molecule is CNC(=O)N1c2ccc(-c3ccc(S(C)(=O)=O)cc3)cc2N(C(=O)c2ccco2)C[C@@H]1C. The molecule has 3 amide bonds. The van der Waals surface area contributed by atoms with Gasteiger partial charge in [0.1, 0.15) is 0 Å². The van der Waals surface area contributed by atoms with Crippen molar-refractivity contribution >= 4 is 33.2 Å². The van der Waals surface area contributed by atoms with Crippen molar-refractivity contribution in [3.8, 4) is 11.1 Å². The summed E-state index contributed by atoms with van der Waals surface area (Å²) in [6.07, 6.45) is 2.60. The molecule has 2 aromatic carbocycles. The van der Waals surface area contributed by atoms with Crippen molar-refractivity contribution in [3.05, 3.63) is 66.6 Å². The van der Waals surface area contributed by atoms with Gasteiger partial charge in [0, 0.05) is 19.8 Å². The van der Waals surface area contributed by atoms with E-state index in [9.17, 15) is 18.0 Å². The number of carbonyl (C=O) groups is 2. The molecule has 3 aromatic rings. The first kappa shape index (κ1) is 21.6. The van der Waals surface area contributed by atoms with Crippen LogP contribution < -0.4 is 15.1 Å². The number of anilines is 2. The van der Waals surface area contributed by atoms with Crippen LogP contribution in [0.2, 0.25) is 0 Å². The summed E-state index contributed by atoms with van der Waals surface area (Å²) < 4.78 is 28.8. The van der Waals surface area contributed by atoms with Gasteiger partial charge in [0.15, 0.2) is 15.6 Å². The Kier molecular flexibility index (Phi) is 5.52. The second kappa shape index (κ2) is 8.16. The van der Waals surface area contributed by atoms with Crippen LogP contribution in [-0.4, -0.2) is 46.2 Å². The molecule has 0 aliphatic carbocycles. The van der Waals surface area contributed by atoms with Gasteiger partial charge in [-0.25, -0.2) is 13.2 Å². The first-order valence-electron chi connectivity index (χ1n) is 10.0. The van der Waals surface area contributed by atoms with Crippen molar-refractivity contribution in [2.24, 2.45) is 0 Å². The van der Waals surface area contributed by atoms with Gasteiger partial charge in [0.05, 0.1) is 28.6 Å². The summed E-state index contributed by atoms with van der Waals surface area (Å²) in [5.41, 5.74) is 2.74. The molecule has 166 valence electrons. The van der Waals surface area contributed by atoms with Crippen LogP contribution in [0.1, 0.15) is 17.5 Å². The third kappa shape index (κ3) is 3.87. The molecule has 9 heteroatoms. The molecule has 0 fully saturated rings. The summed E-state index contributed by atoms with van der Waals surface area (Å²) in [5, 5.41) is 2.65. The van der Waals surface area contributed by atoms with E-state index in [0.717, 1.165) is 17.4 Å². The minimum Gasteiger partial charge on any atom is -0.459 e. The van der Waals surface area contributed by atoms with Crippen molar-refractivity contribution in [3.63, 3.8) is 0 Å². The number of hydrogen-bond acceptors (Lipinski definition) is 5. The van der Waals surface area contributed by atoms with E-state index in [1.165, 1.54) is 6.26 Å². The van der Waals surface area contributed by atoms with Crippen LogP contribution in [0.3, 0.4) is 0 Å². The maximum atomic E-state index is 13.2. The fourth-order valence-corrected chi connectivity index (χ4v) is 4.49. The number of nitrogens with zero attached hydrogens (tertiary/aromatic N) is 2. The first-order valence-corrected chi connectivity index (χ1v) is 11.9. The highest BCUT2D eigenvalue weighted by Gasteiger charge is 2.35. The topological polar surface area (TPSA) is 99.9 Å². The minimum absolute atomic E-state index is 0.208. The van der Waals surface area contributed by atoms with E-state index in [4.69, 9.17) is 4.42 Å². The Morgan fingerprint density at radius 2 is 1.72 bits per heavy atom. The molecular formula is C23H23N3O5S. The average Bonchev–Trinajstić information content (AvgIpc) is 3.32. The number of rotatable bonds is 3. The second-order valence-electron chi connectivity index (χ2n) is 7.67. The first-order chi connectivity index (χ1) is 15.2. The number of sulfone groups is 1. The highest BCUT2D eigenvalue weighted by atomic mass is 32.2. The van der Waals surface area contributed by atoms with E-state index >= 15 is 0 Å². The van der Waals surface area contributed by atoms with Gasteiger partial charge in [-0.1, -0.05) is 18.2 Å². The van der Waals surface area contributed by atoms with Gasteiger partial charge in [0.2, 0.25) is 0 Å². The standard InChI is InChI=1S/C23H23N3O5S/c1-15-14-25(22(27)21-5-4-12-31-21)20-13-17(8-11-19(20)26(15)23(28)24-2)16-6-9-18(10-7-16)32(3,29)30/h4-13,15H,14H2,1-3H3,(H,24,28)/t15-/m0/s1. The summed E-state index contributed by atoms with van der Waals surface area (Å²) in [7, 11) is -1.74. The summed E-state index contributed by atoms with van der Waals surface area (Å²) in [6, 6.07) is 14.7. The number of amides is 3. The predicted octanol–water partition coefficient (Wildman–Crippen LogP) is 3.54. The maximum Gasteiger partial charge on any atom is 0.321 e. The van der Waals surface area contributed by atoms with Gasteiger partial charge < -0.3 is 14.6 Å². The summed E-state index contributed by atoms with van der Waals surface area (Å²) in [4.78, 5) is 29.2. The van der Waals surface area contributed by atoms with Crippen LogP contribution in [0.25, 0.3) is 11.1 Å². The lowest BCUT2D eigenvalue weighted by Gasteiger charge is -2.40. The maximum absolute atomic E-state index is 13.2. The molecule has 1 aliphatic rings. The molecule has 0 radical (unpaired) electrons. The summed E-state index contributed by atoms with van der Waals surface area (Å²) in [6.45, 7) is 2.16. The molecule has 1 atom stereocenters. The highest BCUT2D eigenvalue weighted by Crippen LogP contribution is 2.39. The zero-order valence-corrected chi connectivity index (χ0v) is 18.7. The molecule has 0 bridgehead atoms. The number of fused-ring (bicyclic) bond motifs is 1. The van der Waals surface area contributed by atoms with Gasteiger partial charge in [-0.15, -0.1) is 0 Å². The normalized spacial score (nSPS) is 15.9. The fraction of sp³-hybridized carbons (Fsp3) is 0.217. The van der Waals surface area contributed by atoms with Crippen LogP contribution in [0.4, 0.5) is 16.2 Å². The van der Waals surface area contributed by atoms with Gasteiger partial charge in [-0.3, -0.25) is 9.69 Å². The summed E-state index contributed by atoms with van der Waals surface area (Å²) >= 11 is 0. The Labute approximate surface area is 186 Å². The second-order valence-corrected chi connectivity index (χ2v) is 9.68. The highest BCUT2D eigenvalue weighted by molar-refractivity contribution is 7.90. The Bertz CT molecular complexity index is 1270. The molecule has 8 nitrogen and oxygen atoms in total. The van der Waals surface area contributed by atoms with E-state index in [2.05, 4.69) is 5.32 Å². The third-order valence-electron chi connectivity index (χ3n) is 5.44. The molecule has 1 aliphatic heterocycles. The molecule has 0 saturated heterocycles. The van der Waals surface area contributed by atoms with Crippen molar-refractivity contribution in [2.75, 3.05) is 29.6 Å². The van der Waals surface area contributed by atoms with E-state index < -0.39 is 9.84 Å². The molecular weight excluding hydrogens is 430 g/mol. The number of benzene rings is 2. The predicted molar refractivity (Wildman–Crippen MR) is 122 cm³/mol. The van der Waals surface area contributed by atoms with E-state index in [1.54, 1.807) is 59.3 Å². The monoisotopic (exact) mass is 453 g/mol. The lowest BCUT2D eigenvalue weighted by atomic mass is 10.0. The number of hydrogen-bond donors (Lipinski definition) is 1. The zero-order valence-electron chi connectivity index (χ0n) is 17.9. The number of nitrogens with one attached hydrogen (secondary N) is 1. The third-order valence-corrected chi connectivity index (χ3v) is 6.57. The molecule has 0 unspecified atom stereocenters. The van der Waals surface area contributed by atoms with Crippen LogP contribution >= 0.6 is 0 Å². The van der Waals surface area contributed by atoms with Gasteiger partial charge in [0.25, 0.3) is 5.91 Å². The Hall–Kier alpha value is -3.59. The fourth-order valence-electron chi connectivity index (χ4n) is 3.85. The Morgan fingerprint density at radius 3 is 2.31 bits per heavy atom. The summed E-state index contributed by atoms with van der Waals surface area (Å²) in [5.74, 6) is -0.0938. The van der Waals surface area contributed by atoms with Gasteiger partial charge in [-0.05, 0) is 54.4 Å². The van der Waals surface area contributed by atoms with E-state index in [-0.39, 0.29) is 35.2 Å². The Morgan fingerprint density at radius 1 is 1.03 bits per heavy atom. The van der Waals surface area contributed by atoms with Gasteiger partial charge >= 0.3 is 6.03 Å². The molecule has 0 saturated carbocycles. The van der Waals surface area contributed by atoms with Crippen LogP contribution in [-0.2, 0) is 9.84 Å². The minimum atomic E-state index is -3.30. The van der Waals surface area contributed by atoms with E-state index in [0.29, 0.717) is 11.4 Å². The zero-order chi connectivity index (χ0) is 23.0. The smallest absolute Gasteiger partial charge is 0.321 e. The molecule has 1 N–H and O–H groups in total. The van der Waals surface area contributed by atoms with Crippen molar-refractivity contribution in [2.45, 2.75) is 17.9 Å². The molecule has 1 aromatic heterocycles. The van der Waals surface area contributed by atoms with Crippen LogP contribution in [0, 0.1) is 0 Å². The molecule has 4 rings (SSSR count). The quantitative estimate of drug-likeness (QED) is 0.654. The molecule has 2 heterocycles. The van der Waals surface area contributed by atoms with Crippen molar-refractivity contribution in [1.82, 2.24) is 5.32 Å². The van der Waals surface area contributed by atoms with E-state index in [1.807, 2.05) is 19.1 Å². The lowest BCUT2D eigenvalue weighted by Crippen LogP contribution is -2.54.